The van der Waals surface area contributed by atoms with Gasteiger partial charge in [-0.3, -0.25) is 18.0 Å². The van der Waals surface area contributed by atoms with Crippen molar-refractivity contribution in [2.24, 2.45) is 0 Å². The molecule has 0 heterocycles. The Morgan fingerprint density at radius 3 is 1.28 bits per heavy atom. The van der Waals surface area contributed by atoms with E-state index < -0.39 is 43.0 Å². The summed E-state index contributed by atoms with van der Waals surface area (Å²) in [5.74, 6) is -1.23. The normalized spacial score (nSPS) is 19.9. The number of carbonyl (C=O) groups is 2. The zero-order chi connectivity index (χ0) is 26.6. The Morgan fingerprint density at radius 1 is 0.611 bits per heavy atom. The maximum atomic E-state index is 12.3. The summed E-state index contributed by atoms with van der Waals surface area (Å²) in [5.41, 5.74) is -2.72. The highest BCUT2D eigenvalue weighted by atomic mass is 32.2. The molecule has 0 N–H and O–H groups in total. The largest absolute Gasteiger partial charge is 0.444 e. The molecule has 0 aromatic carbocycles. The van der Waals surface area contributed by atoms with Crippen molar-refractivity contribution >= 4 is 32.2 Å². The lowest BCUT2D eigenvalue weighted by atomic mass is 9.98. The minimum atomic E-state index is -3.98. The van der Waals surface area contributed by atoms with E-state index in [-0.39, 0.29) is 25.0 Å². The van der Waals surface area contributed by atoms with E-state index in [2.05, 4.69) is 0 Å². The summed E-state index contributed by atoms with van der Waals surface area (Å²) in [4.78, 5) is 24.0. The van der Waals surface area contributed by atoms with E-state index in [1.54, 1.807) is 0 Å². The Labute approximate surface area is 216 Å². The Bertz CT molecular complexity index is 814. The molecule has 0 saturated heterocycles. The van der Waals surface area contributed by atoms with Gasteiger partial charge in [-0.25, -0.2) is 0 Å². The first-order valence-electron chi connectivity index (χ1n) is 13.2. The van der Waals surface area contributed by atoms with Crippen LogP contribution in [0.3, 0.4) is 0 Å². The molecule has 2 unspecified atom stereocenters. The van der Waals surface area contributed by atoms with Gasteiger partial charge in [0.15, 0.2) is 0 Å². The van der Waals surface area contributed by atoms with Gasteiger partial charge in [-0.05, 0) is 52.4 Å². The van der Waals surface area contributed by atoms with Gasteiger partial charge >= 0.3 is 32.2 Å². The molecule has 2 aliphatic carbocycles. The molecular formula is C24H42O10S2. The van der Waals surface area contributed by atoms with Crippen LogP contribution < -0.4 is 0 Å². The summed E-state index contributed by atoms with van der Waals surface area (Å²) in [7, 11) is -7.96. The molecule has 2 fully saturated rings. The Balaban J connectivity index is 1.56. The predicted octanol–water partition coefficient (Wildman–Crippen LogP) is 4.46. The number of rotatable bonds is 15. The van der Waals surface area contributed by atoms with E-state index in [1.165, 1.54) is 13.8 Å². The van der Waals surface area contributed by atoms with Crippen LogP contribution in [0.1, 0.15) is 117 Å². The third-order valence-electron chi connectivity index (χ3n) is 6.56. The lowest BCUT2D eigenvalue weighted by molar-refractivity contribution is -0.146. The quantitative estimate of drug-likeness (QED) is 0.162. The van der Waals surface area contributed by atoms with Crippen LogP contribution in [-0.4, -0.2) is 51.9 Å². The lowest BCUT2D eigenvalue weighted by Gasteiger charge is -2.23. The molecule has 2 rings (SSSR count). The molecule has 2 aliphatic rings. The number of hydrogen-bond acceptors (Lipinski definition) is 10. The molecule has 0 spiro atoms. The van der Waals surface area contributed by atoms with Crippen LogP contribution in [0.2, 0.25) is 0 Å². The number of carbonyl (C=O) groups excluding carboxylic acids is 2. The topological polar surface area (TPSA) is 139 Å². The number of esters is 2. The Hall–Kier alpha value is -1.24. The van der Waals surface area contributed by atoms with Gasteiger partial charge < -0.3 is 9.47 Å². The number of ether oxygens (including phenoxy) is 2. The molecule has 2 atom stereocenters. The third-order valence-corrected chi connectivity index (χ3v) is 9.46. The standard InChI is InChI=1S/C24H42O10S2/c1-19(35(27,28)33-21-13-7-5-8-14-21)31-23(25)17-11-3-4-12-18-24(26)32-20(2)36(29,30)34-22-15-9-6-10-16-22/h19-22H,3-18H2,1-2H3. The van der Waals surface area contributed by atoms with Crippen molar-refractivity contribution in [2.45, 2.75) is 140 Å². The zero-order valence-electron chi connectivity index (χ0n) is 21.5. The second kappa shape index (κ2) is 15.2. The fourth-order valence-electron chi connectivity index (χ4n) is 4.36. The van der Waals surface area contributed by atoms with E-state index in [9.17, 15) is 26.4 Å². The second-order valence-corrected chi connectivity index (χ2v) is 13.4. The molecule has 2 saturated carbocycles. The molecule has 0 radical (unpaired) electrons. The van der Waals surface area contributed by atoms with Crippen LogP contribution in [0.5, 0.6) is 0 Å². The summed E-state index contributed by atoms with van der Waals surface area (Å²) in [6, 6.07) is 0. The lowest BCUT2D eigenvalue weighted by Crippen LogP contribution is -2.31. The first kappa shape index (κ1) is 31.0. The minimum Gasteiger partial charge on any atom is -0.444 e. The van der Waals surface area contributed by atoms with Crippen LogP contribution in [0.4, 0.5) is 0 Å². The van der Waals surface area contributed by atoms with Crippen LogP contribution in [-0.2, 0) is 47.7 Å². The highest BCUT2D eigenvalue weighted by Crippen LogP contribution is 2.25. The molecule has 0 aromatic heterocycles. The Morgan fingerprint density at radius 2 is 0.944 bits per heavy atom. The average molecular weight is 555 g/mol. The fraction of sp³-hybridized carbons (Fsp3) is 0.917. The minimum absolute atomic E-state index is 0.0571. The van der Waals surface area contributed by atoms with Crippen LogP contribution in [0, 0.1) is 0 Å². The van der Waals surface area contributed by atoms with Crippen molar-refractivity contribution < 1.29 is 44.3 Å². The van der Waals surface area contributed by atoms with Gasteiger partial charge in [0, 0.05) is 12.8 Å². The maximum Gasteiger partial charge on any atom is 0.307 e. The highest BCUT2D eigenvalue weighted by molar-refractivity contribution is 7.87. The van der Waals surface area contributed by atoms with Gasteiger partial charge in [0.1, 0.15) is 0 Å². The molecular weight excluding hydrogens is 512 g/mol. The molecule has 10 nitrogen and oxygen atoms in total. The summed E-state index contributed by atoms with van der Waals surface area (Å²) < 4.78 is 69.6. The van der Waals surface area contributed by atoms with E-state index in [0.29, 0.717) is 51.4 Å². The van der Waals surface area contributed by atoms with Crippen molar-refractivity contribution in [2.75, 3.05) is 0 Å². The molecule has 36 heavy (non-hydrogen) atoms. The van der Waals surface area contributed by atoms with Crippen molar-refractivity contribution in [3.63, 3.8) is 0 Å². The van der Waals surface area contributed by atoms with Crippen molar-refractivity contribution in [1.29, 1.82) is 0 Å². The van der Waals surface area contributed by atoms with Gasteiger partial charge in [0.05, 0.1) is 12.2 Å². The number of unbranched alkanes of at least 4 members (excludes halogenated alkanes) is 3. The van der Waals surface area contributed by atoms with Gasteiger partial charge in [0.25, 0.3) is 0 Å². The molecule has 0 bridgehead atoms. The molecule has 0 aliphatic heterocycles. The first-order chi connectivity index (χ1) is 17.0. The third kappa shape index (κ3) is 11.4. The van der Waals surface area contributed by atoms with E-state index in [0.717, 1.165) is 38.5 Å². The van der Waals surface area contributed by atoms with Gasteiger partial charge in [-0.1, -0.05) is 51.4 Å². The van der Waals surface area contributed by atoms with Crippen molar-refractivity contribution in [3.05, 3.63) is 0 Å². The zero-order valence-corrected chi connectivity index (χ0v) is 23.2. The summed E-state index contributed by atoms with van der Waals surface area (Å²) >= 11 is 0. The fourth-order valence-corrected chi connectivity index (χ4v) is 6.26. The van der Waals surface area contributed by atoms with Crippen molar-refractivity contribution in [1.82, 2.24) is 0 Å². The van der Waals surface area contributed by atoms with E-state index in [4.69, 9.17) is 17.8 Å². The maximum absolute atomic E-state index is 12.3. The van der Waals surface area contributed by atoms with Crippen LogP contribution >= 0.6 is 0 Å². The second-order valence-electron chi connectivity index (χ2n) is 9.73. The molecule has 0 aromatic rings. The number of hydrogen-bond donors (Lipinski definition) is 0. The smallest absolute Gasteiger partial charge is 0.307 e. The first-order valence-corrected chi connectivity index (χ1v) is 16.2. The molecule has 0 amide bonds. The average Bonchev–Trinajstić information content (AvgIpc) is 2.82. The van der Waals surface area contributed by atoms with Crippen LogP contribution in [0.15, 0.2) is 0 Å². The van der Waals surface area contributed by atoms with Gasteiger partial charge in [-0.2, -0.15) is 16.8 Å². The van der Waals surface area contributed by atoms with E-state index >= 15 is 0 Å². The SMILES string of the molecule is CC(OC(=O)CCCCCCC(=O)OC(C)S(=O)(=O)OC1CCCCC1)S(=O)(=O)OC1CCCCC1. The monoisotopic (exact) mass is 554 g/mol. The van der Waals surface area contributed by atoms with Gasteiger partial charge in [0.2, 0.25) is 10.9 Å². The van der Waals surface area contributed by atoms with E-state index in [1.807, 2.05) is 0 Å². The van der Waals surface area contributed by atoms with Crippen molar-refractivity contribution in [3.8, 4) is 0 Å². The summed E-state index contributed by atoms with van der Waals surface area (Å²) in [5, 5.41) is 0. The summed E-state index contributed by atoms with van der Waals surface area (Å²) in [6.45, 7) is 2.59. The predicted molar refractivity (Wildman–Crippen MR) is 133 cm³/mol. The van der Waals surface area contributed by atoms with Crippen LogP contribution in [0.25, 0.3) is 0 Å². The van der Waals surface area contributed by atoms with Gasteiger partial charge in [-0.15, -0.1) is 0 Å². The highest BCUT2D eigenvalue weighted by Gasteiger charge is 2.31. The molecule has 210 valence electrons. The summed E-state index contributed by atoms with van der Waals surface area (Å²) in [6.07, 6.45) is 10.3. The Kier molecular flexibility index (Phi) is 13.1. The molecule has 12 heteroatoms.